The molecule has 4 heterocycles. The first kappa shape index (κ1) is 70.2. The van der Waals surface area contributed by atoms with E-state index in [1.54, 1.807) is 26.0 Å². The SMILES string of the molecule is CO[C@H]1/C=C\C=C(/C)C(=O)NC2=CC(=O)C(NCCCNC(=O)CCCNC(=O)CCCN3C(=O)CC(S[C@H]4CCN5CC[C@H](O[Si](c6ccccc6)(c6ccccc6)C(C)(C)C)NC5=N4)C3=O)=C(C[C@@H](C)C[C@H](OC)[C@H](O)[C@@H](C)/C=C(\C)[C@@H]1OC(N)=O)C2=O. The molecule has 1 unspecified atom stereocenters. The third-order valence-electron chi connectivity index (χ3n) is 16.9. The number of carbonyl (C=O) groups excluding carboxylic acids is 8. The van der Waals surface area contributed by atoms with E-state index in [0.717, 1.165) is 38.0 Å². The van der Waals surface area contributed by atoms with Gasteiger partial charge in [0.15, 0.2) is 12.1 Å². The number of guanidine groups is 1. The number of hydrogen-bond acceptors (Lipinski definition) is 18. The van der Waals surface area contributed by atoms with Crippen LogP contribution in [0.1, 0.15) is 113 Å². The van der Waals surface area contributed by atoms with Crippen LogP contribution < -0.4 is 42.7 Å². The monoisotopic (exact) mass is 1280 g/mol. The first-order valence-electron chi connectivity index (χ1n) is 31.2. The zero-order valence-corrected chi connectivity index (χ0v) is 55.2. The summed E-state index contributed by atoms with van der Waals surface area (Å²) in [6, 6.07) is 21.1. The maximum atomic E-state index is 14.2. The number of methoxy groups -OCH3 is 2. The number of amides is 6. The average molecular weight is 1280 g/mol. The maximum Gasteiger partial charge on any atom is 0.405 e. The van der Waals surface area contributed by atoms with Gasteiger partial charge in [0.2, 0.25) is 35.2 Å². The Balaban J connectivity index is 0.840. The fourth-order valence-corrected chi connectivity index (χ4v) is 18.0. The molecule has 0 radical (unpaired) electrons. The third kappa shape index (κ3) is 18.3. The van der Waals surface area contributed by atoms with Crippen molar-refractivity contribution in [1.29, 1.82) is 0 Å². The van der Waals surface area contributed by atoms with Gasteiger partial charge in [0.1, 0.15) is 17.7 Å². The van der Waals surface area contributed by atoms with Crippen LogP contribution >= 0.6 is 11.8 Å². The van der Waals surface area contributed by atoms with Crippen molar-refractivity contribution in [3.63, 3.8) is 0 Å². The molecule has 22 nitrogen and oxygen atoms in total. The fourth-order valence-electron chi connectivity index (χ4n) is 12.1. The van der Waals surface area contributed by atoms with Crippen molar-refractivity contribution >= 4 is 83.6 Å². The zero-order chi connectivity index (χ0) is 65.3. The second kappa shape index (κ2) is 32.7. The number of thioether (sulfide) groups is 1. The lowest BCUT2D eigenvalue weighted by Crippen LogP contribution is -2.70. The van der Waals surface area contributed by atoms with Gasteiger partial charge in [-0.1, -0.05) is 120 Å². The van der Waals surface area contributed by atoms with Crippen LogP contribution in [-0.2, 0) is 52.2 Å². The lowest BCUT2D eigenvalue weighted by atomic mass is 9.85. The Morgan fingerprint density at radius 1 is 0.856 bits per heavy atom. The molecule has 5 aliphatic rings. The lowest BCUT2D eigenvalue weighted by Gasteiger charge is -2.47. The number of rotatable bonds is 22. The van der Waals surface area contributed by atoms with E-state index in [9.17, 15) is 43.5 Å². The molecule has 2 aromatic rings. The summed E-state index contributed by atoms with van der Waals surface area (Å²) in [5.74, 6) is -2.85. The zero-order valence-electron chi connectivity index (χ0n) is 53.3. The molecular formula is C66H91N9O13SSi. The van der Waals surface area contributed by atoms with Gasteiger partial charge in [0, 0.05) is 102 Å². The third-order valence-corrected chi connectivity index (χ3v) is 23.3. The number of Topliss-reactive ketones (excluding diaryl/α,β-unsaturated/α-hetero) is 1. The smallest absolute Gasteiger partial charge is 0.405 e. The number of ketones is 2. The molecular weight excluding hydrogens is 1190 g/mol. The fraction of sp³-hybridized carbons (Fsp3) is 0.530. The number of allylic oxidation sites excluding steroid dienone is 4. The Labute approximate surface area is 533 Å². The highest BCUT2D eigenvalue weighted by Crippen LogP contribution is 2.39. The van der Waals surface area contributed by atoms with E-state index < -0.39 is 67.5 Å². The largest absolute Gasteiger partial charge is 0.439 e. The molecule has 2 saturated heterocycles. The van der Waals surface area contributed by atoms with Crippen LogP contribution in [-0.4, -0.2) is 171 Å². The van der Waals surface area contributed by atoms with Gasteiger partial charge in [0.05, 0.1) is 28.9 Å². The van der Waals surface area contributed by atoms with E-state index in [1.807, 2.05) is 19.1 Å². The molecule has 7 rings (SSSR count). The van der Waals surface area contributed by atoms with E-state index in [0.29, 0.717) is 24.8 Å². The van der Waals surface area contributed by atoms with E-state index >= 15 is 0 Å². The van der Waals surface area contributed by atoms with Crippen molar-refractivity contribution in [1.82, 2.24) is 36.4 Å². The van der Waals surface area contributed by atoms with Crippen LogP contribution in [0.2, 0.25) is 5.04 Å². The summed E-state index contributed by atoms with van der Waals surface area (Å²) in [6.07, 6.45) is 5.69. The highest BCUT2D eigenvalue weighted by molar-refractivity contribution is 8.01. The topological polar surface area (TPSA) is 299 Å². The van der Waals surface area contributed by atoms with E-state index in [4.69, 9.17) is 29.4 Å². The molecule has 488 valence electrons. The number of aliphatic hydroxyl groups is 1. The number of nitrogens with two attached hydrogens (primary N) is 1. The molecule has 24 heteroatoms. The Bertz CT molecular complexity index is 3070. The van der Waals surface area contributed by atoms with Gasteiger partial charge >= 0.3 is 6.09 Å². The Hall–Kier alpha value is -7.22. The predicted octanol–water partition coefficient (Wildman–Crippen LogP) is 4.68. The number of ether oxygens (including phenoxy) is 3. The molecule has 8 N–H and O–H groups in total. The second-order valence-electron chi connectivity index (χ2n) is 24.7. The van der Waals surface area contributed by atoms with E-state index in [2.05, 4.69) is 101 Å². The van der Waals surface area contributed by atoms with Gasteiger partial charge < -0.3 is 61.0 Å². The van der Waals surface area contributed by atoms with Crippen molar-refractivity contribution < 1.29 is 62.1 Å². The number of likely N-dealkylation sites (tertiary alicyclic amines) is 1. The average Bonchev–Trinajstić information content (AvgIpc) is 0.881. The van der Waals surface area contributed by atoms with Gasteiger partial charge in [-0.2, -0.15) is 0 Å². The summed E-state index contributed by atoms with van der Waals surface area (Å²) in [5, 5.41) is 27.9. The number of primary amides is 1. The van der Waals surface area contributed by atoms with Crippen molar-refractivity contribution in [3.05, 3.63) is 119 Å². The second-order valence-corrected chi connectivity index (χ2v) is 30.4. The molecule has 4 aliphatic heterocycles. The van der Waals surface area contributed by atoms with Gasteiger partial charge in [-0.05, 0) is 79.3 Å². The molecule has 2 fully saturated rings. The highest BCUT2D eigenvalue weighted by atomic mass is 32.2. The minimum absolute atomic E-state index is 0.0646. The van der Waals surface area contributed by atoms with Crippen LogP contribution in [0.4, 0.5) is 4.79 Å². The molecule has 6 amide bonds. The highest BCUT2D eigenvalue weighted by Gasteiger charge is 2.52. The van der Waals surface area contributed by atoms with Crippen LogP contribution in [0.25, 0.3) is 0 Å². The minimum Gasteiger partial charge on any atom is -0.439 e. The van der Waals surface area contributed by atoms with E-state index in [-0.39, 0.29) is 127 Å². The lowest BCUT2D eigenvalue weighted by molar-refractivity contribution is -0.138. The summed E-state index contributed by atoms with van der Waals surface area (Å²) in [6.45, 7) is 16.0. The van der Waals surface area contributed by atoms with Crippen LogP contribution in [0, 0.1) is 11.8 Å². The molecule has 2 bridgehead atoms. The number of nitrogens with one attached hydrogen (secondary N) is 5. The summed E-state index contributed by atoms with van der Waals surface area (Å²) < 4.78 is 24.2. The number of nitrogens with zero attached hydrogens (tertiary/aromatic N) is 3. The standard InChI is InChI=1S/C66H91N9O13SSi/c1-41-36-47-58(49(76)39-48(60(47)81)71-62(82)42(2)20-16-25-50(85-8)61(87-64(67)84)44(4)38-43(3)59(80)51(37-41)86-9)70-32-19-31-69-53(77)26-17-30-68-54(78)27-18-33-75-57(79)40-52(63(75)83)89-56-29-35-74-34-28-55(72-65(74)73-56)88-90(66(5,6)7,45-21-12-10-13-22-45)46-23-14-11-15-24-46/h10-16,20-25,38-39,41,43,50-52,55-56,59,61,70,80H,17-19,26-37,40H2,1-9H3,(H2,67,84)(H,68,78)(H,69,77)(H,71,82)(H,72,73)/b25-16-,42-20+,44-38+/t41-,43+,50+,51+,52?,55+,56+,59-,61+/m1/s1. The summed E-state index contributed by atoms with van der Waals surface area (Å²) >= 11 is 1.42. The Morgan fingerprint density at radius 2 is 1.50 bits per heavy atom. The number of aliphatic imine (C=N–C) groups is 1. The number of hydrogen-bond donors (Lipinski definition) is 7. The summed E-state index contributed by atoms with van der Waals surface area (Å²) in [7, 11) is 0.0409. The predicted molar refractivity (Wildman–Crippen MR) is 347 cm³/mol. The normalized spacial score (nSPS) is 26.4. The van der Waals surface area contributed by atoms with Gasteiger partial charge in [-0.3, -0.25) is 38.5 Å². The minimum atomic E-state index is -2.84. The van der Waals surface area contributed by atoms with Crippen LogP contribution in [0.15, 0.2) is 124 Å². The number of aliphatic hydroxyl groups excluding tert-OH is 1. The first-order chi connectivity index (χ1) is 42.9. The molecule has 2 aromatic carbocycles. The molecule has 0 aromatic heterocycles. The summed E-state index contributed by atoms with van der Waals surface area (Å²) in [4.78, 5) is 114. The Morgan fingerprint density at radius 3 is 2.13 bits per heavy atom. The number of benzene rings is 2. The first-order valence-corrected chi connectivity index (χ1v) is 34.0. The van der Waals surface area contributed by atoms with Gasteiger partial charge in [0.25, 0.3) is 14.2 Å². The number of imide groups is 1. The number of fused-ring (bicyclic) bond motifs is 3. The van der Waals surface area contributed by atoms with Gasteiger partial charge in [-0.25, -0.2) is 9.79 Å². The van der Waals surface area contributed by atoms with Crippen LogP contribution in [0.3, 0.4) is 0 Å². The van der Waals surface area contributed by atoms with Crippen molar-refractivity contribution in [2.75, 3.05) is 53.5 Å². The van der Waals surface area contributed by atoms with Crippen molar-refractivity contribution in [3.8, 4) is 0 Å². The maximum absolute atomic E-state index is 14.2. The Kier molecular flexibility index (Phi) is 25.5. The molecule has 90 heavy (non-hydrogen) atoms. The van der Waals surface area contributed by atoms with E-state index in [1.165, 1.54) is 60.3 Å². The quantitative estimate of drug-likeness (QED) is 0.0277. The number of carbonyl (C=O) groups is 8. The van der Waals surface area contributed by atoms with Crippen molar-refractivity contribution in [2.45, 2.75) is 159 Å². The summed E-state index contributed by atoms with van der Waals surface area (Å²) in [5.41, 5.74) is 6.17. The van der Waals surface area contributed by atoms with Crippen LogP contribution in [0.5, 0.6) is 0 Å². The molecule has 9 atom stereocenters. The molecule has 1 aliphatic carbocycles. The van der Waals surface area contributed by atoms with Crippen molar-refractivity contribution in [2.24, 2.45) is 22.6 Å². The molecule has 0 spiro atoms. The molecule has 0 saturated carbocycles. The van der Waals surface area contributed by atoms with Gasteiger partial charge in [-0.15, -0.1) is 11.8 Å².